The molecule has 0 aliphatic heterocycles. The SMILES string of the molecule is CC(C)(C)OC(=O)C(C)(CCCCNc1ncc([N+](=O)[O-])s1)C(=O)OC(C)(C)C. The van der Waals surface area contributed by atoms with Crippen molar-refractivity contribution in [1.82, 2.24) is 4.98 Å². The predicted octanol–water partition coefficient (Wildman–Crippen LogP) is 4.32. The highest BCUT2D eigenvalue weighted by Gasteiger charge is 2.46. The van der Waals surface area contributed by atoms with Crippen molar-refractivity contribution in [2.24, 2.45) is 5.41 Å². The molecule has 1 aromatic heterocycles. The molecule has 0 atom stereocenters. The van der Waals surface area contributed by atoms with E-state index in [1.165, 1.54) is 6.20 Å². The van der Waals surface area contributed by atoms with Gasteiger partial charge >= 0.3 is 16.9 Å². The standard InChI is InChI=1S/C19H31N3O6S/c1-17(2,3)27-14(23)19(7,15(24)28-18(4,5)6)10-8-9-11-20-16-21-12-13(29-16)22(25)26/h12H,8-11H2,1-7H3,(H,20,21). The molecule has 9 nitrogen and oxygen atoms in total. The van der Waals surface area contributed by atoms with Gasteiger partial charge in [0.15, 0.2) is 10.5 Å². The Morgan fingerprint density at radius 2 is 1.59 bits per heavy atom. The fraction of sp³-hybridized carbons (Fsp3) is 0.737. The van der Waals surface area contributed by atoms with Crippen molar-refractivity contribution in [2.45, 2.75) is 78.9 Å². The van der Waals surface area contributed by atoms with Crippen molar-refractivity contribution in [1.29, 1.82) is 0 Å². The summed E-state index contributed by atoms with van der Waals surface area (Å²) in [7, 11) is 0. The first-order valence-corrected chi connectivity index (χ1v) is 10.3. The average Bonchev–Trinajstić information content (AvgIpc) is 3.00. The molecule has 1 heterocycles. The molecule has 0 radical (unpaired) electrons. The number of carbonyl (C=O) groups is 2. The Kier molecular flexibility index (Phi) is 8.14. The summed E-state index contributed by atoms with van der Waals surface area (Å²) in [6.45, 7) is 12.5. The van der Waals surface area contributed by atoms with Crippen molar-refractivity contribution >= 4 is 33.4 Å². The van der Waals surface area contributed by atoms with Crippen LogP contribution in [0.25, 0.3) is 0 Å². The number of thiazole rings is 1. The number of hydrogen-bond donors (Lipinski definition) is 1. The summed E-state index contributed by atoms with van der Waals surface area (Å²) >= 11 is 0.958. The van der Waals surface area contributed by atoms with Crippen molar-refractivity contribution in [3.05, 3.63) is 16.3 Å². The highest BCUT2D eigenvalue weighted by Crippen LogP contribution is 2.32. The Balaban J connectivity index is 2.69. The second-order valence-corrected chi connectivity index (χ2v) is 9.99. The number of nitrogens with zero attached hydrogens (tertiary/aromatic N) is 2. The topological polar surface area (TPSA) is 121 Å². The van der Waals surface area contributed by atoms with E-state index >= 15 is 0 Å². The molecule has 1 rings (SSSR count). The summed E-state index contributed by atoms with van der Waals surface area (Å²) in [5.74, 6) is -1.22. The molecule has 0 amide bonds. The van der Waals surface area contributed by atoms with Crippen LogP contribution in [0.4, 0.5) is 10.1 Å². The Bertz CT molecular complexity index is 705. The van der Waals surface area contributed by atoms with Crippen LogP contribution in [0, 0.1) is 15.5 Å². The first-order valence-electron chi connectivity index (χ1n) is 9.45. The van der Waals surface area contributed by atoms with E-state index in [2.05, 4.69) is 10.3 Å². The molecule has 0 aliphatic rings. The Morgan fingerprint density at radius 3 is 2.00 bits per heavy atom. The molecular formula is C19H31N3O6S. The maximum atomic E-state index is 12.7. The number of esters is 2. The van der Waals surface area contributed by atoms with Crippen molar-refractivity contribution in [3.8, 4) is 0 Å². The zero-order valence-corrected chi connectivity index (χ0v) is 19.0. The molecule has 1 N–H and O–H groups in total. The van der Waals surface area contributed by atoms with Gasteiger partial charge in [0.1, 0.15) is 17.4 Å². The van der Waals surface area contributed by atoms with Gasteiger partial charge < -0.3 is 14.8 Å². The van der Waals surface area contributed by atoms with E-state index in [0.717, 1.165) is 11.3 Å². The van der Waals surface area contributed by atoms with E-state index in [1.54, 1.807) is 48.5 Å². The molecule has 0 saturated heterocycles. The minimum atomic E-state index is -1.42. The van der Waals surface area contributed by atoms with E-state index in [9.17, 15) is 19.7 Å². The van der Waals surface area contributed by atoms with Crippen LogP contribution in [-0.2, 0) is 19.1 Å². The average molecular weight is 430 g/mol. The summed E-state index contributed by atoms with van der Waals surface area (Å²) in [6.07, 6.45) is 2.65. The zero-order valence-electron chi connectivity index (χ0n) is 18.2. The molecule has 0 spiro atoms. The maximum absolute atomic E-state index is 12.7. The first-order chi connectivity index (χ1) is 13.1. The summed E-state index contributed by atoms with van der Waals surface area (Å²) in [5, 5.41) is 14.1. The minimum Gasteiger partial charge on any atom is -0.459 e. The van der Waals surface area contributed by atoms with Gasteiger partial charge in [0, 0.05) is 6.54 Å². The van der Waals surface area contributed by atoms with Crippen molar-refractivity contribution in [2.75, 3.05) is 11.9 Å². The zero-order chi connectivity index (χ0) is 22.5. The highest BCUT2D eigenvalue weighted by molar-refractivity contribution is 7.18. The third-order valence-corrected chi connectivity index (χ3v) is 4.66. The fourth-order valence-electron chi connectivity index (χ4n) is 2.30. The van der Waals surface area contributed by atoms with E-state index < -0.39 is 33.5 Å². The van der Waals surface area contributed by atoms with Gasteiger partial charge in [-0.25, -0.2) is 4.98 Å². The molecule has 0 aliphatic carbocycles. The van der Waals surface area contributed by atoms with Crippen LogP contribution in [0.15, 0.2) is 6.20 Å². The monoisotopic (exact) mass is 429 g/mol. The molecule has 164 valence electrons. The van der Waals surface area contributed by atoms with Gasteiger partial charge in [-0.1, -0.05) is 0 Å². The van der Waals surface area contributed by atoms with E-state index in [4.69, 9.17) is 9.47 Å². The number of ether oxygens (including phenoxy) is 2. The van der Waals surface area contributed by atoms with Gasteiger partial charge in [0.05, 0.1) is 4.92 Å². The third-order valence-electron chi connectivity index (χ3n) is 3.75. The molecule has 0 unspecified atom stereocenters. The number of unbranched alkanes of at least 4 members (excludes halogenated alkanes) is 1. The summed E-state index contributed by atoms with van der Waals surface area (Å²) in [5.41, 5.74) is -2.86. The third kappa shape index (κ3) is 8.35. The number of nitro groups is 1. The number of anilines is 1. The Labute approximate surface area is 175 Å². The molecule has 1 aromatic rings. The second-order valence-electron chi connectivity index (χ2n) is 8.98. The summed E-state index contributed by atoms with van der Waals surface area (Å²) in [4.78, 5) is 39.6. The van der Waals surface area contributed by atoms with Crippen LogP contribution in [0.2, 0.25) is 0 Å². The van der Waals surface area contributed by atoms with Crippen LogP contribution >= 0.6 is 11.3 Å². The van der Waals surface area contributed by atoms with Gasteiger partial charge in [-0.15, -0.1) is 0 Å². The Morgan fingerprint density at radius 1 is 1.07 bits per heavy atom. The van der Waals surface area contributed by atoms with Gasteiger partial charge in [-0.3, -0.25) is 19.7 Å². The lowest BCUT2D eigenvalue weighted by molar-refractivity contribution is -0.380. The van der Waals surface area contributed by atoms with E-state index in [-0.39, 0.29) is 11.4 Å². The fourth-order valence-corrected chi connectivity index (χ4v) is 2.96. The minimum absolute atomic E-state index is 0.0325. The lowest BCUT2D eigenvalue weighted by Gasteiger charge is -2.32. The summed E-state index contributed by atoms with van der Waals surface area (Å²) < 4.78 is 10.9. The van der Waals surface area contributed by atoms with Gasteiger partial charge in [0.25, 0.3) is 0 Å². The number of aromatic nitrogens is 1. The normalized spacial score (nSPS) is 12.4. The van der Waals surface area contributed by atoms with Crippen LogP contribution in [0.1, 0.15) is 67.7 Å². The predicted molar refractivity (Wildman–Crippen MR) is 111 cm³/mol. The van der Waals surface area contributed by atoms with Crippen LogP contribution < -0.4 is 5.32 Å². The van der Waals surface area contributed by atoms with E-state index in [1.807, 2.05) is 0 Å². The van der Waals surface area contributed by atoms with E-state index in [0.29, 0.717) is 24.5 Å². The highest BCUT2D eigenvalue weighted by atomic mass is 32.1. The Hall–Kier alpha value is -2.23. The molecule has 0 saturated carbocycles. The van der Waals surface area contributed by atoms with Gasteiger partial charge in [-0.2, -0.15) is 0 Å². The van der Waals surface area contributed by atoms with Gasteiger partial charge in [0.2, 0.25) is 0 Å². The van der Waals surface area contributed by atoms with Crippen LogP contribution in [-0.4, -0.2) is 39.6 Å². The van der Waals surface area contributed by atoms with Crippen LogP contribution in [0.5, 0.6) is 0 Å². The second kappa shape index (κ2) is 9.51. The maximum Gasteiger partial charge on any atom is 0.345 e. The summed E-state index contributed by atoms with van der Waals surface area (Å²) in [6, 6.07) is 0. The molecular weight excluding hydrogens is 398 g/mol. The smallest absolute Gasteiger partial charge is 0.345 e. The largest absolute Gasteiger partial charge is 0.459 e. The molecule has 0 bridgehead atoms. The van der Waals surface area contributed by atoms with Crippen molar-refractivity contribution < 1.29 is 24.0 Å². The van der Waals surface area contributed by atoms with Gasteiger partial charge in [-0.05, 0) is 79.1 Å². The lowest BCUT2D eigenvalue weighted by atomic mass is 9.84. The lowest BCUT2D eigenvalue weighted by Crippen LogP contribution is -2.44. The first kappa shape index (κ1) is 24.8. The molecule has 29 heavy (non-hydrogen) atoms. The van der Waals surface area contributed by atoms with Crippen LogP contribution in [0.3, 0.4) is 0 Å². The molecule has 10 heteroatoms. The van der Waals surface area contributed by atoms with Crippen molar-refractivity contribution in [3.63, 3.8) is 0 Å². The molecule has 0 aromatic carbocycles. The number of carbonyl (C=O) groups excluding carboxylic acids is 2. The number of hydrogen-bond acceptors (Lipinski definition) is 9. The number of nitrogens with one attached hydrogen (secondary N) is 1. The number of rotatable bonds is 9. The molecule has 0 fully saturated rings. The quantitative estimate of drug-likeness (QED) is 0.202.